The van der Waals surface area contributed by atoms with E-state index in [0.717, 1.165) is 143 Å². The molecule has 5 heterocycles. The van der Waals surface area contributed by atoms with Crippen LogP contribution in [0.15, 0.2) is 70.8 Å². The van der Waals surface area contributed by atoms with E-state index in [1.54, 1.807) is 47.0 Å². The SMILES string of the molecule is CCCCC(CC)COc1cc(/C=C2\C(=O)c3cc(Cl)c(Cl)cc3C2=C(C#N)C#N)sc1-c1cc2c(s1)-c1sc(-c3sc(/C=C4\C(=O)c5cc(Cl)c(Cl)cc5C4=C(C#N)C#N)cc3OCC(CC)CCCC)cc1[Si]2(CC(CC)CCCC)CC(CC)CCCC. The van der Waals surface area contributed by atoms with E-state index in [1.165, 1.54) is 45.1 Å². The molecule has 1 aliphatic heterocycles. The highest BCUT2D eigenvalue weighted by Crippen LogP contribution is 2.55. The fourth-order valence-corrected chi connectivity index (χ4v) is 26.7. The minimum atomic E-state index is -2.67. The molecule has 4 unspecified atom stereocenters. The molecule has 6 aromatic rings. The molecule has 0 amide bonds. The molecule has 2 aliphatic carbocycles. The van der Waals surface area contributed by atoms with E-state index in [4.69, 9.17) is 55.9 Å². The second kappa shape index (κ2) is 31.6. The number of ether oxygens (including phenoxy) is 2. The lowest BCUT2D eigenvalue weighted by Crippen LogP contribution is -2.56. The van der Waals surface area contributed by atoms with Gasteiger partial charge in [0, 0.05) is 62.7 Å². The van der Waals surface area contributed by atoms with Crippen LogP contribution in [0.3, 0.4) is 0 Å². The number of unbranched alkanes of at least 4 members (excludes halogenated alkanes) is 4. The van der Waals surface area contributed by atoms with Gasteiger partial charge in [-0.25, -0.2) is 0 Å². The number of fused-ring (bicyclic) bond motifs is 5. The smallest absolute Gasteiger partial charge is 0.194 e. The number of allylic oxidation sites excluding steroid dienone is 6. The number of nitrogens with zero attached hydrogens (tertiary/aromatic N) is 4. The quantitative estimate of drug-likeness (QED) is 0.0246. The average molecular weight is 1390 g/mol. The maximum Gasteiger partial charge on any atom is 0.194 e. The summed E-state index contributed by atoms with van der Waals surface area (Å²) in [6.45, 7) is 19.3. The van der Waals surface area contributed by atoms with Crippen molar-refractivity contribution >= 4 is 145 Å². The molecule has 4 atom stereocenters. The second-order valence-corrected chi connectivity index (χ2v) is 34.5. The zero-order valence-electron chi connectivity index (χ0n) is 53.3. The van der Waals surface area contributed by atoms with E-state index in [-0.39, 0.29) is 65.1 Å². The lowest BCUT2D eigenvalue weighted by molar-refractivity contribution is 0.103. The van der Waals surface area contributed by atoms with Gasteiger partial charge >= 0.3 is 0 Å². The highest BCUT2D eigenvalue weighted by molar-refractivity contribution is 7.34. The van der Waals surface area contributed by atoms with Gasteiger partial charge in [-0.15, -0.1) is 45.3 Å². The van der Waals surface area contributed by atoms with Crippen LogP contribution < -0.4 is 19.8 Å². The molecule has 17 heteroatoms. The van der Waals surface area contributed by atoms with Crippen LogP contribution in [-0.2, 0) is 0 Å². The Balaban J connectivity index is 1.27. The van der Waals surface area contributed by atoms with E-state index in [0.29, 0.717) is 59.1 Å². The molecule has 0 saturated heterocycles. The molecule has 0 radical (unpaired) electrons. The molecule has 0 N–H and O–H groups in total. The third kappa shape index (κ3) is 14.6. The molecule has 0 spiro atoms. The van der Waals surface area contributed by atoms with Crippen LogP contribution in [0.5, 0.6) is 11.5 Å². The van der Waals surface area contributed by atoms with Crippen molar-refractivity contribution in [1.82, 2.24) is 0 Å². The zero-order valence-corrected chi connectivity index (χ0v) is 60.6. The van der Waals surface area contributed by atoms with Crippen LogP contribution in [0.4, 0.5) is 0 Å². The van der Waals surface area contributed by atoms with Crippen molar-refractivity contribution in [3.8, 4) is 65.0 Å². The van der Waals surface area contributed by atoms with E-state index < -0.39 is 8.07 Å². The number of benzene rings is 2. The Bertz CT molecular complexity index is 3770. The van der Waals surface area contributed by atoms with Gasteiger partial charge in [0.25, 0.3) is 0 Å². The van der Waals surface area contributed by atoms with Gasteiger partial charge in [-0.05, 0) is 131 Å². The predicted molar refractivity (Wildman–Crippen MR) is 387 cm³/mol. The Morgan fingerprint density at radius 2 is 0.791 bits per heavy atom. The average Bonchev–Trinajstić information content (AvgIpc) is 1.55. The highest BCUT2D eigenvalue weighted by atomic mass is 35.5. The Kier molecular flexibility index (Phi) is 24.2. The van der Waals surface area contributed by atoms with Crippen molar-refractivity contribution in [1.29, 1.82) is 21.0 Å². The second-order valence-electron chi connectivity index (χ2n) is 24.5. The number of hydrogen-bond acceptors (Lipinski definition) is 12. The largest absolute Gasteiger partial charge is 0.492 e. The summed E-state index contributed by atoms with van der Waals surface area (Å²) in [4.78, 5) is 37.4. The maximum atomic E-state index is 14.5. The number of carbonyl (C=O) groups excluding carboxylic acids is 2. The number of ketones is 2. The minimum Gasteiger partial charge on any atom is -0.492 e. The molecular weight excluding hydrogens is 1310 g/mol. The van der Waals surface area contributed by atoms with Gasteiger partial charge in [0.05, 0.1) is 43.1 Å². The maximum absolute atomic E-state index is 14.5. The summed E-state index contributed by atoms with van der Waals surface area (Å²) in [5.41, 5.74) is 1.97. The molecule has 474 valence electrons. The summed E-state index contributed by atoms with van der Waals surface area (Å²) in [6, 6.07) is 25.8. The number of rotatable bonds is 30. The number of halogens is 4. The van der Waals surface area contributed by atoms with Gasteiger partial charge in [0.2, 0.25) is 0 Å². The summed E-state index contributed by atoms with van der Waals surface area (Å²) in [6.07, 6.45) is 21.1. The molecule has 91 heavy (non-hydrogen) atoms. The number of carbonyl (C=O) groups is 2. The van der Waals surface area contributed by atoms with Crippen LogP contribution in [-0.4, -0.2) is 32.9 Å². The Hall–Kier alpha value is -5.52. The third-order valence-corrected chi connectivity index (χ3v) is 30.8. The Morgan fingerprint density at radius 1 is 0.462 bits per heavy atom. The summed E-state index contributed by atoms with van der Waals surface area (Å²) >= 11 is 32.9. The first-order chi connectivity index (χ1) is 44.0. The molecule has 3 aliphatic rings. The topological polar surface area (TPSA) is 148 Å². The first-order valence-electron chi connectivity index (χ1n) is 32.5. The van der Waals surface area contributed by atoms with Crippen molar-refractivity contribution < 1.29 is 19.1 Å². The summed E-state index contributed by atoms with van der Waals surface area (Å²) in [5.74, 6) is 2.52. The summed E-state index contributed by atoms with van der Waals surface area (Å²) < 4.78 is 14.1. The van der Waals surface area contributed by atoms with Crippen molar-refractivity contribution in [2.75, 3.05) is 13.2 Å². The monoisotopic (exact) mass is 1380 g/mol. The molecule has 9 rings (SSSR count). The first kappa shape index (κ1) is 69.8. The van der Waals surface area contributed by atoms with Crippen LogP contribution in [0.25, 0.3) is 52.6 Å². The van der Waals surface area contributed by atoms with Gasteiger partial charge in [-0.3, -0.25) is 9.59 Å². The minimum absolute atomic E-state index is 0.184. The van der Waals surface area contributed by atoms with Crippen LogP contribution in [0.1, 0.15) is 200 Å². The lowest BCUT2D eigenvalue weighted by Gasteiger charge is -2.35. The van der Waals surface area contributed by atoms with Gasteiger partial charge in [-0.2, -0.15) is 21.0 Å². The van der Waals surface area contributed by atoms with E-state index in [9.17, 15) is 30.6 Å². The van der Waals surface area contributed by atoms with Crippen molar-refractivity contribution in [3.63, 3.8) is 0 Å². The molecule has 0 saturated carbocycles. The normalized spacial score (nSPS) is 16.9. The fourth-order valence-electron chi connectivity index (χ4n) is 13.4. The van der Waals surface area contributed by atoms with E-state index in [2.05, 4.69) is 91.8 Å². The number of nitriles is 4. The summed E-state index contributed by atoms with van der Waals surface area (Å²) in [5, 5.41) is 45.1. The van der Waals surface area contributed by atoms with Gasteiger partial charge < -0.3 is 9.47 Å². The van der Waals surface area contributed by atoms with Crippen LogP contribution in [0, 0.1) is 69.0 Å². The van der Waals surface area contributed by atoms with E-state index in [1.807, 2.05) is 34.8 Å². The van der Waals surface area contributed by atoms with Gasteiger partial charge in [-0.1, -0.05) is 192 Å². The van der Waals surface area contributed by atoms with Crippen molar-refractivity contribution in [2.45, 2.75) is 170 Å². The van der Waals surface area contributed by atoms with Crippen molar-refractivity contribution in [3.05, 3.63) is 123 Å². The molecule has 2 aromatic carbocycles. The Labute approximate surface area is 575 Å². The number of thiophene rings is 4. The first-order valence-corrected chi connectivity index (χ1v) is 39.7. The molecule has 8 nitrogen and oxygen atoms in total. The zero-order chi connectivity index (χ0) is 65.3. The summed E-state index contributed by atoms with van der Waals surface area (Å²) in [7, 11) is -2.67. The standard InChI is InChI=1S/C74H78Cl4N4O4S4Si/c1-9-17-21-43(13-5)39-85-61-27-49(25-55-67(47(35-79)36-80)51-29-57(75)59(77)31-53(51)69(55)83)87-71(61)63-33-65-73(89-63)74-66(91(65,41-45(15-7)23-19-11-3)42-46(16-8)24-20-12-4)34-64(90-74)72-62(86-40-44(14-6)22-18-10-2)28-50(88-72)26-56-68(48(37-81)38-82)52-30-58(76)60(78)32-54(52)70(56)84/h25-34,43-46H,9-24,39-42H2,1-8H3/b55-25-,56-26-. The molecule has 0 fully saturated rings. The molecule has 4 aromatic heterocycles. The van der Waals surface area contributed by atoms with Crippen molar-refractivity contribution in [2.24, 2.45) is 23.7 Å². The third-order valence-electron chi connectivity index (χ3n) is 18.7. The molecular formula is C74H78Cl4N4O4S4Si. The van der Waals surface area contributed by atoms with Crippen LogP contribution in [0.2, 0.25) is 32.2 Å². The number of hydrogen-bond donors (Lipinski definition) is 0. The highest BCUT2D eigenvalue weighted by Gasteiger charge is 2.50. The Morgan fingerprint density at radius 3 is 1.11 bits per heavy atom. The lowest BCUT2D eigenvalue weighted by atomic mass is 9.99. The fraction of sp³-hybridized carbons (Fsp3) is 0.432. The molecule has 0 bridgehead atoms. The number of Topliss-reactive ketones (excluding diaryl/α,β-unsaturated/α-hetero) is 2. The predicted octanol–water partition coefficient (Wildman–Crippen LogP) is 23.2. The van der Waals surface area contributed by atoms with Gasteiger partial charge in [0.15, 0.2) is 11.6 Å². The van der Waals surface area contributed by atoms with Crippen LogP contribution >= 0.6 is 91.8 Å². The van der Waals surface area contributed by atoms with E-state index >= 15 is 0 Å². The van der Waals surface area contributed by atoms with Gasteiger partial charge in [0.1, 0.15) is 55.0 Å².